The Morgan fingerprint density at radius 1 is 1.38 bits per heavy atom. The molecule has 2 aromatic rings. The van der Waals surface area contributed by atoms with E-state index < -0.39 is 0 Å². The minimum Gasteiger partial charge on any atom is -0.343 e. The number of pyridine rings is 1. The average Bonchev–Trinajstić information content (AvgIpc) is 2.50. The van der Waals surface area contributed by atoms with Crippen LogP contribution in [0.2, 0.25) is 0 Å². The zero-order valence-corrected chi connectivity index (χ0v) is 10.8. The fourth-order valence-electron chi connectivity index (χ4n) is 2.37. The number of fused-ring (bicyclic) bond motifs is 3. The highest BCUT2D eigenvalue weighted by atomic mass is 79.9. The molecule has 16 heavy (non-hydrogen) atoms. The van der Waals surface area contributed by atoms with Crippen LogP contribution in [0.15, 0.2) is 16.7 Å². The summed E-state index contributed by atoms with van der Waals surface area (Å²) in [7, 11) is 2.18. The average molecular weight is 280 g/mol. The van der Waals surface area contributed by atoms with Crippen LogP contribution in [-0.2, 0) is 12.8 Å². The summed E-state index contributed by atoms with van der Waals surface area (Å²) in [6.07, 6.45) is 4.06. The number of aromatic amines is 1. The molecule has 3 heterocycles. The van der Waals surface area contributed by atoms with Crippen molar-refractivity contribution in [3.8, 4) is 0 Å². The van der Waals surface area contributed by atoms with Crippen molar-refractivity contribution in [3.63, 3.8) is 0 Å². The molecule has 1 aliphatic heterocycles. The van der Waals surface area contributed by atoms with Crippen LogP contribution < -0.4 is 0 Å². The third-order valence-electron chi connectivity index (χ3n) is 3.30. The van der Waals surface area contributed by atoms with E-state index in [-0.39, 0.29) is 0 Å². The Bertz CT molecular complexity index is 532. The molecule has 0 atom stereocenters. The highest BCUT2D eigenvalue weighted by Gasteiger charge is 2.16. The Morgan fingerprint density at radius 2 is 2.19 bits per heavy atom. The van der Waals surface area contributed by atoms with E-state index in [1.54, 1.807) is 0 Å². The summed E-state index contributed by atoms with van der Waals surface area (Å²) in [6.45, 7) is 2.26. The lowest BCUT2D eigenvalue weighted by Crippen LogP contribution is -2.21. The molecule has 0 saturated carbocycles. The van der Waals surface area contributed by atoms with Crippen molar-refractivity contribution in [1.29, 1.82) is 0 Å². The monoisotopic (exact) mass is 279 g/mol. The third kappa shape index (κ3) is 1.66. The van der Waals surface area contributed by atoms with E-state index in [1.807, 2.05) is 6.20 Å². The predicted molar refractivity (Wildman–Crippen MR) is 68.7 cm³/mol. The van der Waals surface area contributed by atoms with Crippen molar-refractivity contribution >= 4 is 27.0 Å². The van der Waals surface area contributed by atoms with Gasteiger partial charge in [-0.05, 0) is 41.0 Å². The molecule has 0 saturated heterocycles. The third-order valence-corrected chi connectivity index (χ3v) is 3.73. The first-order chi connectivity index (χ1) is 7.74. The van der Waals surface area contributed by atoms with Gasteiger partial charge in [0.15, 0.2) is 0 Å². The number of nitrogens with one attached hydrogen (secondary N) is 1. The number of hydrogen-bond donors (Lipinski definition) is 1. The molecule has 0 bridgehead atoms. The quantitative estimate of drug-likeness (QED) is 0.803. The molecular weight excluding hydrogens is 266 g/mol. The van der Waals surface area contributed by atoms with Gasteiger partial charge in [0, 0.05) is 41.3 Å². The van der Waals surface area contributed by atoms with Crippen LogP contribution in [0.1, 0.15) is 11.3 Å². The topological polar surface area (TPSA) is 31.9 Å². The van der Waals surface area contributed by atoms with E-state index in [4.69, 9.17) is 0 Å². The summed E-state index contributed by atoms with van der Waals surface area (Å²) in [6, 6.07) is 2.17. The van der Waals surface area contributed by atoms with Gasteiger partial charge in [0.1, 0.15) is 5.65 Å². The van der Waals surface area contributed by atoms with Crippen molar-refractivity contribution in [3.05, 3.63) is 28.0 Å². The van der Waals surface area contributed by atoms with Crippen molar-refractivity contribution in [1.82, 2.24) is 14.9 Å². The van der Waals surface area contributed by atoms with Crippen LogP contribution in [0.5, 0.6) is 0 Å². The fourth-order valence-corrected chi connectivity index (χ4v) is 2.70. The number of rotatable bonds is 0. The number of nitrogens with zero attached hydrogens (tertiary/aromatic N) is 2. The van der Waals surface area contributed by atoms with Gasteiger partial charge in [-0.25, -0.2) is 4.98 Å². The zero-order chi connectivity index (χ0) is 11.1. The summed E-state index contributed by atoms with van der Waals surface area (Å²) in [5, 5.41) is 1.28. The molecular formula is C12H14BrN3. The van der Waals surface area contributed by atoms with Gasteiger partial charge in [0.2, 0.25) is 0 Å². The zero-order valence-electron chi connectivity index (χ0n) is 9.26. The van der Waals surface area contributed by atoms with Crippen molar-refractivity contribution < 1.29 is 0 Å². The normalized spacial score (nSPS) is 17.4. The van der Waals surface area contributed by atoms with E-state index in [9.17, 15) is 0 Å². The summed E-state index contributed by atoms with van der Waals surface area (Å²) in [4.78, 5) is 10.2. The summed E-state index contributed by atoms with van der Waals surface area (Å²) in [5.74, 6) is 0. The first kappa shape index (κ1) is 10.3. The Hall–Kier alpha value is -0.870. The lowest BCUT2D eigenvalue weighted by atomic mass is 10.1. The first-order valence-corrected chi connectivity index (χ1v) is 6.37. The van der Waals surface area contributed by atoms with Crippen LogP contribution in [0.3, 0.4) is 0 Å². The summed E-state index contributed by atoms with van der Waals surface area (Å²) in [5.41, 5.74) is 3.84. The Kier molecular flexibility index (Phi) is 2.48. The van der Waals surface area contributed by atoms with Gasteiger partial charge in [0.05, 0.1) is 0 Å². The van der Waals surface area contributed by atoms with Gasteiger partial charge in [0.25, 0.3) is 0 Å². The number of halogens is 1. The maximum atomic E-state index is 4.42. The van der Waals surface area contributed by atoms with Gasteiger partial charge >= 0.3 is 0 Å². The van der Waals surface area contributed by atoms with E-state index in [0.29, 0.717) is 0 Å². The molecule has 0 spiro atoms. The molecule has 84 valence electrons. The van der Waals surface area contributed by atoms with Crippen molar-refractivity contribution in [2.45, 2.75) is 12.8 Å². The largest absolute Gasteiger partial charge is 0.343 e. The van der Waals surface area contributed by atoms with Crippen LogP contribution in [0.4, 0.5) is 0 Å². The number of likely N-dealkylation sites (N-methyl/N-ethyl adjacent to an activating group) is 1. The Labute approximate surface area is 103 Å². The fraction of sp³-hybridized carbons (Fsp3) is 0.417. The SMILES string of the molecule is CN1CCc2[nH]c3ncc(Br)cc3c2CC1. The molecule has 3 rings (SSSR count). The molecule has 0 aliphatic carbocycles. The highest BCUT2D eigenvalue weighted by molar-refractivity contribution is 9.10. The van der Waals surface area contributed by atoms with E-state index in [1.165, 1.54) is 16.6 Å². The van der Waals surface area contributed by atoms with Gasteiger partial charge in [-0.2, -0.15) is 0 Å². The van der Waals surface area contributed by atoms with E-state index in [0.717, 1.165) is 36.1 Å². The Morgan fingerprint density at radius 3 is 3.06 bits per heavy atom. The van der Waals surface area contributed by atoms with Gasteiger partial charge in [-0.3, -0.25) is 0 Å². The highest BCUT2D eigenvalue weighted by Crippen LogP contribution is 2.26. The second kappa shape index (κ2) is 3.86. The number of H-pyrrole nitrogens is 1. The van der Waals surface area contributed by atoms with Crippen molar-refractivity contribution in [2.24, 2.45) is 0 Å². The standard InChI is InChI=1S/C12H14BrN3/c1-16-4-2-9-10-6-8(13)7-14-12(10)15-11(9)3-5-16/h6-7H,2-5H2,1H3,(H,14,15). The molecule has 0 amide bonds. The molecule has 2 aromatic heterocycles. The Balaban J connectivity index is 2.16. The minimum atomic E-state index is 1.03. The molecule has 1 N–H and O–H groups in total. The summed E-state index contributed by atoms with van der Waals surface area (Å²) >= 11 is 3.49. The molecule has 0 radical (unpaired) electrons. The molecule has 0 unspecified atom stereocenters. The van der Waals surface area contributed by atoms with Gasteiger partial charge in [-0.1, -0.05) is 0 Å². The maximum absolute atomic E-state index is 4.42. The first-order valence-electron chi connectivity index (χ1n) is 5.57. The molecule has 3 nitrogen and oxygen atoms in total. The predicted octanol–water partition coefficient (Wildman–Crippen LogP) is 2.36. The molecule has 0 aromatic carbocycles. The molecule has 1 aliphatic rings. The second-order valence-electron chi connectivity index (χ2n) is 4.44. The van der Waals surface area contributed by atoms with Crippen LogP contribution in [0, 0.1) is 0 Å². The van der Waals surface area contributed by atoms with Crippen LogP contribution in [-0.4, -0.2) is 35.0 Å². The van der Waals surface area contributed by atoms with Gasteiger partial charge < -0.3 is 9.88 Å². The van der Waals surface area contributed by atoms with E-state index >= 15 is 0 Å². The molecule has 4 heteroatoms. The molecule has 0 fully saturated rings. The number of aromatic nitrogens is 2. The van der Waals surface area contributed by atoms with Crippen LogP contribution in [0.25, 0.3) is 11.0 Å². The lowest BCUT2D eigenvalue weighted by Gasteiger charge is -2.11. The smallest absolute Gasteiger partial charge is 0.137 e. The van der Waals surface area contributed by atoms with Gasteiger partial charge in [-0.15, -0.1) is 0 Å². The van der Waals surface area contributed by atoms with E-state index in [2.05, 4.69) is 43.9 Å². The van der Waals surface area contributed by atoms with Crippen molar-refractivity contribution in [2.75, 3.05) is 20.1 Å². The van der Waals surface area contributed by atoms with Crippen LogP contribution >= 0.6 is 15.9 Å². The summed E-state index contributed by atoms with van der Waals surface area (Å²) < 4.78 is 1.06. The minimum absolute atomic E-state index is 1.03. The number of hydrogen-bond acceptors (Lipinski definition) is 2. The second-order valence-corrected chi connectivity index (χ2v) is 5.35. The maximum Gasteiger partial charge on any atom is 0.137 e. The lowest BCUT2D eigenvalue weighted by molar-refractivity contribution is 0.352.